The molecule has 204 valence electrons. The molecule has 1 N–H and O–H groups in total. The lowest BCUT2D eigenvalue weighted by Crippen LogP contribution is -2.20. The first-order valence-corrected chi connectivity index (χ1v) is 14.7. The first-order valence-electron chi connectivity index (χ1n) is 12.9. The average molecular weight is 600 g/mol. The molecule has 7 nitrogen and oxygen atoms in total. The van der Waals surface area contributed by atoms with E-state index in [9.17, 15) is 4.79 Å². The number of halogens is 2. The molecule has 0 aliphatic rings. The van der Waals surface area contributed by atoms with Gasteiger partial charge in [-0.05, 0) is 79.2 Å². The number of amides is 1. The van der Waals surface area contributed by atoms with Gasteiger partial charge in [0, 0.05) is 49.6 Å². The van der Waals surface area contributed by atoms with Crippen LogP contribution in [-0.2, 0) is 11.3 Å². The number of nitrogens with one attached hydrogen (secondary N) is 1. The third-order valence-electron chi connectivity index (χ3n) is 6.67. The first-order chi connectivity index (χ1) is 20.0. The lowest BCUT2D eigenvalue weighted by molar-refractivity contribution is -0.118. The van der Waals surface area contributed by atoms with Crippen molar-refractivity contribution in [1.82, 2.24) is 24.8 Å². The lowest BCUT2D eigenvalue weighted by Gasteiger charge is -2.10. The molecule has 0 radical (unpaired) electrons. The summed E-state index contributed by atoms with van der Waals surface area (Å²) in [6.07, 6.45) is 1.66. The van der Waals surface area contributed by atoms with Crippen molar-refractivity contribution in [2.24, 2.45) is 5.10 Å². The molecule has 0 fully saturated rings. The van der Waals surface area contributed by atoms with Crippen molar-refractivity contribution >= 4 is 68.9 Å². The molecular formula is C31H24Cl2N6OS. The Balaban J connectivity index is 1.18. The predicted molar refractivity (Wildman–Crippen MR) is 168 cm³/mol. The Morgan fingerprint density at radius 3 is 2.37 bits per heavy atom. The Hall–Kier alpha value is -4.11. The third-order valence-corrected chi connectivity index (χ3v) is 8.10. The number of thioether (sulfide) groups is 1. The highest BCUT2D eigenvalue weighted by atomic mass is 35.5. The van der Waals surface area contributed by atoms with E-state index in [-0.39, 0.29) is 11.7 Å². The highest BCUT2D eigenvalue weighted by molar-refractivity contribution is 7.99. The molecule has 2 heterocycles. The molecule has 0 bridgehead atoms. The maximum Gasteiger partial charge on any atom is 0.250 e. The Labute approximate surface area is 250 Å². The van der Waals surface area contributed by atoms with Crippen molar-refractivity contribution in [3.63, 3.8) is 0 Å². The van der Waals surface area contributed by atoms with Crippen LogP contribution in [0.5, 0.6) is 0 Å². The molecule has 4 aromatic carbocycles. The van der Waals surface area contributed by atoms with Crippen LogP contribution in [0.15, 0.2) is 101 Å². The van der Waals surface area contributed by atoms with Crippen molar-refractivity contribution in [2.75, 3.05) is 5.75 Å². The molecule has 0 aliphatic carbocycles. The van der Waals surface area contributed by atoms with Crippen LogP contribution in [0.25, 0.3) is 38.9 Å². The van der Waals surface area contributed by atoms with Gasteiger partial charge in [-0.15, -0.1) is 10.2 Å². The SMILES string of the molecule is CCn1c2ccccc2c2cc(/C=N/NC(=O)CSc3nnc(-c4ccc(Cl)cc4)n3-c3ccc(Cl)cc3)ccc21. The minimum absolute atomic E-state index is 0.104. The largest absolute Gasteiger partial charge is 0.341 e. The van der Waals surface area contributed by atoms with E-state index in [0.717, 1.165) is 28.7 Å². The number of nitrogens with zero attached hydrogens (tertiary/aromatic N) is 5. The molecule has 6 aromatic rings. The fourth-order valence-electron chi connectivity index (χ4n) is 4.81. The van der Waals surface area contributed by atoms with Crippen LogP contribution in [0.1, 0.15) is 12.5 Å². The Kier molecular flexibility index (Phi) is 7.78. The van der Waals surface area contributed by atoms with Crippen LogP contribution in [0, 0.1) is 0 Å². The maximum atomic E-state index is 12.7. The van der Waals surface area contributed by atoms with Gasteiger partial charge < -0.3 is 4.57 Å². The van der Waals surface area contributed by atoms with E-state index in [1.54, 1.807) is 30.5 Å². The molecule has 0 unspecified atom stereocenters. The summed E-state index contributed by atoms with van der Waals surface area (Å²) in [4.78, 5) is 12.7. The summed E-state index contributed by atoms with van der Waals surface area (Å²) in [5.41, 5.74) is 7.58. The molecule has 2 aromatic heterocycles. The van der Waals surface area contributed by atoms with Crippen LogP contribution in [0.2, 0.25) is 10.0 Å². The zero-order valence-electron chi connectivity index (χ0n) is 22.0. The van der Waals surface area contributed by atoms with Gasteiger partial charge >= 0.3 is 0 Å². The Morgan fingerprint density at radius 2 is 1.61 bits per heavy atom. The van der Waals surface area contributed by atoms with Gasteiger partial charge in [-0.3, -0.25) is 9.36 Å². The van der Waals surface area contributed by atoms with Crippen molar-refractivity contribution in [3.05, 3.63) is 107 Å². The number of hydrazone groups is 1. The van der Waals surface area contributed by atoms with E-state index in [1.807, 2.05) is 41.0 Å². The Bertz CT molecular complexity index is 1890. The number of carbonyl (C=O) groups is 1. The van der Waals surface area contributed by atoms with Crippen molar-refractivity contribution in [1.29, 1.82) is 0 Å². The second-order valence-corrected chi connectivity index (χ2v) is 11.1. The van der Waals surface area contributed by atoms with Crippen LogP contribution >= 0.6 is 35.0 Å². The number of benzene rings is 4. The minimum atomic E-state index is -0.256. The van der Waals surface area contributed by atoms with Gasteiger partial charge in [-0.2, -0.15) is 5.10 Å². The molecule has 0 spiro atoms. The monoisotopic (exact) mass is 598 g/mol. The number of para-hydroxylation sites is 1. The molecule has 0 saturated carbocycles. The molecule has 1 amide bonds. The summed E-state index contributed by atoms with van der Waals surface area (Å²) in [5.74, 6) is 0.477. The zero-order chi connectivity index (χ0) is 28.3. The molecule has 0 aliphatic heterocycles. The van der Waals surface area contributed by atoms with Gasteiger partial charge in [0.05, 0.1) is 12.0 Å². The second-order valence-electron chi connectivity index (χ2n) is 9.24. The molecule has 0 saturated heterocycles. The Morgan fingerprint density at radius 1 is 0.902 bits per heavy atom. The number of hydrogen-bond donors (Lipinski definition) is 1. The molecule has 10 heteroatoms. The van der Waals surface area contributed by atoms with Gasteiger partial charge in [0.2, 0.25) is 0 Å². The highest BCUT2D eigenvalue weighted by Gasteiger charge is 2.17. The van der Waals surface area contributed by atoms with E-state index in [4.69, 9.17) is 23.2 Å². The second kappa shape index (κ2) is 11.8. The third kappa shape index (κ3) is 5.59. The van der Waals surface area contributed by atoms with Gasteiger partial charge in [-0.25, -0.2) is 5.43 Å². The summed E-state index contributed by atoms with van der Waals surface area (Å²) in [6, 6.07) is 29.3. The van der Waals surface area contributed by atoms with Crippen molar-refractivity contribution < 1.29 is 4.79 Å². The average Bonchev–Trinajstić information content (AvgIpc) is 3.56. The number of aromatic nitrogens is 4. The highest BCUT2D eigenvalue weighted by Crippen LogP contribution is 2.30. The number of carbonyl (C=O) groups excluding carboxylic acids is 1. The molecule has 0 atom stereocenters. The fraction of sp³-hybridized carbons (Fsp3) is 0.0968. The van der Waals surface area contributed by atoms with E-state index in [1.165, 1.54) is 28.2 Å². The van der Waals surface area contributed by atoms with Gasteiger partial charge in [0.25, 0.3) is 5.91 Å². The van der Waals surface area contributed by atoms with E-state index >= 15 is 0 Å². The quantitative estimate of drug-likeness (QED) is 0.111. The standard InChI is InChI=1S/C31H24Cl2N6OS/c1-2-38-27-6-4-3-5-25(27)26-17-20(7-16-28(26)38)18-34-35-29(40)19-41-31-37-36-30(21-8-10-22(32)11-9-21)39(31)24-14-12-23(33)13-15-24/h3-18H,2,19H2,1H3,(H,35,40)/b34-18+. The minimum Gasteiger partial charge on any atom is -0.341 e. The summed E-state index contributed by atoms with van der Waals surface area (Å²) in [5, 5.41) is 17.1. The summed E-state index contributed by atoms with van der Waals surface area (Å²) >= 11 is 13.5. The van der Waals surface area contributed by atoms with E-state index < -0.39 is 0 Å². The van der Waals surface area contributed by atoms with Gasteiger partial charge in [0.1, 0.15) is 0 Å². The summed E-state index contributed by atoms with van der Waals surface area (Å²) in [6.45, 7) is 3.03. The smallest absolute Gasteiger partial charge is 0.250 e. The molecular weight excluding hydrogens is 575 g/mol. The lowest BCUT2D eigenvalue weighted by atomic mass is 10.1. The van der Waals surface area contributed by atoms with E-state index in [0.29, 0.717) is 21.0 Å². The molecule has 41 heavy (non-hydrogen) atoms. The van der Waals surface area contributed by atoms with E-state index in [2.05, 4.69) is 62.5 Å². The summed E-state index contributed by atoms with van der Waals surface area (Å²) in [7, 11) is 0. The summed E-state index contributed by atoms with van der Waals surface area (Å²) < 4.78 is 4.19. The topological polar surface area (TPSA) is 77.1 Å². The van der Waals surface area contributed by atoms with Gasteiger partial charge in [0.15, 0.2) is 11.0 Å². The zero-order valence-corrected chi connectivity index (χ0v) is 24.3. The van der Waals surface area contributed by atoms with Crippen LogP contribution in [0.3, 0.4) is 0 Å². The van der Waals surface area contributed by atoms with Crippen molar-refractivity contribution in [2.45, 2.75) is 18.6 Å². The predicted octanol–water partition coefficient (Wildman–Crippen LogP) is 7.61. The number of rotatable bonds is 8. The molecule has 6 rings (SSSR count). The number of fused-ring (bicyclic) bond motifs is 3. The van der Waals surface area contributed by atoms with Crippen LogP contribution in [-0.4, -0.2) is 37.2 Å². The number of hydrogen-bond acceptors (Lipinski definition) is 5. The first kappa shape index (κ1) is 27.1. The fourth-order valence-corrected chi connectivity index (χ4v) is 5.80. The van der Waals surface area contributed by atoms with Crippen molar-refractivity contribution in [3.8, 4) is 17.1 Å². The van der Waals surface area contributed by atoms with Crippen LogP contribution < -0.4 is 5.43 Å². The number of aryl methyl sites for hydroxylation is 1. The van der Waals surface area contributed by atoms with Crippen LogP contribution in [0.4, 0.5) is 0 Å². The maximum absolute atomic E-state index is 12.7. The van der Waals surface area contributed by atoms with Gasteiger partial charge in [-0.1, -0.05) is 59.2 Å². The normalized spacial score (nSPS) is 11.6.